The zero-order chi connectivity index (χ0) is 22.5. The number of benzene rings is 2. The van der Waals surface area contributed by atoms with Crippen molar-refractivity contribution in [3.63, 3.8) is 0 Å². The molecule has 4 rings (SSSR count). The molecule has 0 saturated heterocycles. The molecule has 0 N–H and O–H groups in total. The number of nitrogens with zero attached hydrogens (tertiary/aromatic N) is 2. The van der Waals surface area contributed by atoms with E-state index in [1.807, 2.05) is 54.3 Å². The van der Waals surface area contributed by atoms with Gasteiger partial charge in [-0.05, 0) is 49.9 Å². The second kappa shape index (κ2) is 10.1. The highest BCUT2D eigenvalue weighted by molar-refractivity contribution is 5.78. The van der Waals surface area contributed by atoms with Gasteiger partial charge in [-0.15, -0.1) is 0 Å². The smallest absolute Gasteiger partial charge is 0.237 e. The molecule has 0 unspecified atom stereocenters. The van der Waals surface area contributed by atoms with E-state index >= 15 is 0 Å². The molecule has 1 aliphatic rings. The molecule has 1 aliphatic carbocycles. The quantitative estimate of drug-likeness (QED) is 0.442. The van der Waals surface area contributed by atoms with E-state index in [0.717, 1.165) is 42.4 Å². The van der Waals surface area contributed by atoms with Gasteiger partial charge < -0.3 is 9.32 Å². The average molecular weight is 439 g/mol. The number of hydrogen-bond acceptors (Lipinski definition) is 3. The SMILES string of the molecule is Cc1ccc(CN(CCc2ccccc2)C(=O)CN(Cc2cccc(F)c2F)C2CC2)o1. The van der Waals surface area contributed by atoms with Gasteiger partial charge in [0.2, 0.25) is 5.91 Å². The van der Waals surface area contributed by atoms with Crippen LogP contribution in [-0.2, 0) is 24.3 Å². The lowest BCUT2D eigenvalue weighted by Crippen LogP contribution is -2.41. The largest absolute Gasteiger partial charge is 0.464 e. The van der Waals surface area contributed by atoms with Gasteiger partial charge in [-0.2, -0.15) is 0 Å². The van der Waals surface area contributed by atoms with E-state index in [4.69, 9.17) is 4.42 Å². The summed E-state index contributed by atoms with van der Waals surface area (Å²) in [4.78, 5) is 17.1. The first-order chi connectivity index (χ1) is 15.5. The molecule has 0 aliphatic heterocycles. The molecule has 1 fully saturated rings. The highest BCUT2D eigenvalue weighted by Gasteiger charge is 2.32. The third-order valence-electron chi connectivity index (χ3n) is 5.82. The molecular weight excluding hydrogens is 410 g/mol. The lowest BCUT2D eigenvalue weighted by molar-refractivity contribution is -0.133. The zero-order valence-corrected chi connectivity index (χ0v) is 18.3. The van der Waals surface area contributed by atoms with Crippen LogP contribution in [0.3, 0.4) is 0 Å². The summed E-state index contributed by atoms with van der Waals surface area (Å²) in [5, 5.41) is 0. The summed E-state index contributed by atoms with van der Waals surface area (Å²) in [6.07, 6.45) is 2.66. The fourth-order valence-corrected chi connectivity index (χ4v) is 3.88. The summed E-state index contributed by atoms with van der Waals surface area (Å²) in [5.74, 6) is -0.201. The third-order valence-corrected chi connectivity index (χ3v) is 5.82. The van der Waals surface area contributed by atoms with Crippen molar-refractivity contribution in [3.8, 4) is 0 Å². The minimum atomic E-state index is -0.859. The van der Waals surface area contributed by atoms with Crippen molar-refractivity contribution in [2.75, 3.05) is 13.1 Å². The predicted octanol–water partition coefficient (Wildman–Crippen LogP) is 5.10. The summed E-state index contributed by atoms with van der Waals surface area (Å²) in [7, 11) is 0. The molecule has 2 aromatic carbocycles. The van der Waals surface area contributed by atoms with E-state index in [9.17, 15) is 13.6 Å². The van der Waals surface area contributed by atoms with Gasteiger partial charge in [0.15, 0.2) is 11.6 Å². The average Bonchev–Trinajstić information content (AvgIpc) is 3.56. The zero-order valence-electron chi connectivity index (χ0n) is 18.3. The number of aryl methyl sites for hydroxylation is 1. The van der Waals surface area contributed by atoms with Crippen molar-refractivity contribution >= 4 is 5.91 Å². The third kappa shape index (κ3) is 5.82. The summed E-state index contributed by atoms with van der Waals surface area (Å²) in [6, 6.07) is 18.2. The van der Waals surface area contributed by atoms with E-state index in [1.54, 1.807) is 11.0 Å². The van der Waals surface area contributed by atoms with Crippen LogP contribution in [-0.4, -0.2) is 34.8 Å². The molecule has 32 heavy (non-hydrogen) atoms. The van der Waals surface area contributed by atoms with Crippen molar-refractivity contribution in [2.45, 2.75) is 45.3 Å². The summed E-state index contributed by atoms with van der Waals surface area (Å²) in [5.41, 5.74) is 1.43. The molecule has 0 spiro atoms. The summed E-state index contributed by atoms with van der Waals surface area (Å²) >= 11 is 0. The Bertz CT molecular complexity index is 1050. The van der Waals surface area contributed by atoms with Crippen molar-refractivity contribution in [1.82, 2.24) is 9.80 Å². The number of carbonyl (C=O) groups excluding carboxylic acids is 1. The number of rotatable bonds is 10. The lowest BCUT2D eigenvalue weighted by atomic mass is 10.1. The second-order valence-electron chi connectivity index (χ2n) is 8.41. The monoisotopic (exact) mass is 438 g/mol. The van der Waals surface area contributed by atoms with Gasteiger partial charge >= 0.3 is 0 Å². The fourth-order valence-electron chi connectivity index (χ4n) is 3.88. The highest BCUT2D eigenvalue weighted by atomic mass is 19.2. The normalized spacial score (nSPS) is 13.5. The Morgan fingerprint density at radius 1 is 1.00 bits per heavy atom. The molecule has 4 nitrogen and oxygen atoms in total. The van der Waals surface area contributed by atoms with Gasteiger partial charge in [-0.3, -0.25) is 9.69 Å². The first-order valence-corrected chi connectivity index (χ1v) is 11.0. The predicted molar refractivity (Wildman–Crippen MR) is 119 cm³/mol. The highest BCUT2D eigenvalue weighted by Crippen LogP contribution is 2.29. The van der Waals surface area contributed by atoms with Crippen LogP contribution in [0, 0.1) is 18.6 Å². The van der Waals surface area contributed by atoms with E-state index in [0.29, 0.717) is 13.1 Å². The maximum absolute atomic E-state index is 14.2. The molecule has 1 amide bonds. The van der Waals surface area contributed by atoms with Crippen molar-refractivity contribution < 1.29 is 18.0 Å². The van der Waals surface area contributed by atoms with Gasteiger partial charge in [-0.25, -0.2) is 8.78 Å². The first kappa shape index (κ1) is 22.2. The van der Waals surface area contributed by atoms with Crippen LogP contribution in [0.2, 0.25) is 0 Å². The Labute approximate surface area is 187 Å². The van der Waals surface area contributed by atoms with Gasteiger partial charge in [0.1, 0.15) is 11.5 Å². The van der Waals surface area contributed by atoms with Crippen molar-refractivity contribution in [1.29, 1.82) is 0 Å². The van der Waals surface area contributed by atoms with Crippen LogP contribution in [0.1, 0.15) is 35.5 Å². The fraction of sp³-hybridized carbons (Fsp3) is 0.346. The Balaban J connectivity index is 1.47. The molecule has 0 bridgehead atoms. The number of hydrogen-bond donors (Lipinski definition) is 0. The number of carbonyl (C=O) groups is 1. The molecule has 1 saturated carbocycles. The van der Waals surface area contributed by atoms with Gasteiger partial charge in [0.05, 0.1) is 13.1 Å². The Hall–Kier alpha value is -2.99. The van der Waals surface area contributed by atoms with Crippen LogP contribution in [0.5, 0.6) is 0 Å². The Morgan fingerprint density at radius 2 is 1.78 bits per heavy atom. The lowest BCUT2D eigenvalue weighted by Gasteiger charge is -2.27. The van der Waals surface area contributed by atoms with E-state index in [-0.39, 0.29) is 30.6 Å². The van der Waals surface area contributed by atoms with E-state index in [2.05, 4.69) is 0 Å². The van der Waals surface area contributed by atoms with Crippen molar-refractivity contribution in [3.05, 3.63) is 94.9 Å². The molecule has 0 atom stereocenters. The molecule has 168 valence electrons. The minimum Gasteiger partial charge on any atom is -0.464 e. The minimum absolute atomic E-state index is 0.0429. The maximum atomic E-state index is 14.2. The molecule has 1 aromatic heterocycles. The molecular formula is C26H28F2N2O2. The van der Waals surface area contributed by atoms with Crippen molar-refractivity contribution in [2.24, 2.45) is 0 Å². The topological polar surface area (TPSA) is 36.7 Å². The molecule has 1 heterocycles. The Morgan fingerprint density at radius 3 is 2.47 bits per heavy atom. The van der Waals surface area contributed by atoms with Crippen LogP contribution >= 0.6 is 0 Å². The molecule has 0 radical (unpaired) electrons. The summed E-state index contributed by atoms with van der Waals surface area (Å²) < 4.78 is 33.6. The van der Waals surface area contributed by atoms with E-state index < -0.39 is 11.6 Å². The van der Waals surface area contributed by atoms with Gasteiger partial charge in [0, 0.05) is 24.7 Å². The maximum Gasteiger partial charge on any atom is 0.237 e. The standard InChI is InChI=1S/C26H28F2N2O2/c1-19-10-13-23(32-19)17-29(15-14-20-6-3-2-4-7-20)25(31)18-30(22-11-12-22)16-21-8-5-9-24(27)26(21)28/h2-10,13,22H,11-12,14-18H2,1H3. The number of furan rings is 1. The van der Waals surface area contributed by atoms with Crippen LogP contribution in [0.15, 0.2) is 65.1 Å². The number of amides is 1. The van der Waals surface area contributed by atoms with Gasteiger partial charge in [-0.1, -0.05) is 42.5 Å². The van der Waals surface area contributed by atoms with Crippen LogP contribution in [0.25, 0.3) is 0 Å². The Kier molecular flexibility index (Phi) is 7.00. The van der Waals surface area contributed by atoms with Gasteiger partial charge in [0.25, 0.3) is 0 Å². The van der Waals surface area contributed by atoms with Crippen LogP contribution < -0.4 is 0 Å². The van der Waals surface area contributed by atoms with Crippen LogP contribution in [0.4, 0.5) is 8.78 Å². The second-order valence-corrected chi connectivity index (χ2v) is 8.41. The molecule has 6 heteroatoms. The molecule has 3 aromatic rings. The van der Waals surface area contributed by atoms with E-state index in [1.165, 1.54) is 6.07 Å². The first-order valence-electron chi connectivity index (χ1n) is 11.0. The summed E-state index contributed by atoms with van der Waals surface area (Å²) in [6.45, 7) is 3.19. The number of halogens is 2.